The Labute approximate surface area is 164 Å². The lowest BCUT2D eigenvalue weighted by Gasteiger charge is -2.32. The molecular weight excluding hydrogens is 350 g/mol. The molecule has 0 aliphatic carbocycles. The van der Waals surface area contributed by atoms with Crippen LogP contribution in [0.3, 0.4) is 0 Å². The van der Waals surface area contributed by atoms with Gasteiger partial charge in [0.2, 0.25) is 0 Å². The van der Waals surface area contributed by atoms with Gasteiger partial charge in [0.25, 0.3) is 5.91 Å². The lowest BCUT2D eigenvalue weighted by molar-refractivity contribution is 0.0590. The topological polar surface area (TPSA) is 69.1 Å². The second kappa shape index (κ2) is 7.40. The van der Waals surface area contributed by atoms with Gasteiger partial charge in [-0.3, -0.25) is 4.79 Å². The second-order valence-electron chi connectivity index (χ2n) is 7.42. The summed E-state index contributed by atoms with van der Waals surface area (Å²) in [5, 5.41) is 10.1. The number of likely N-dealkylation sites (tertiary alicyclic amines) is 1. The predicted molar refractivity (Wildman–Crippen MR) is 108 cm³/mol. The third-order valence-corrected chi connectivity index (χ3v) is 5.42. The highest BCUT2D eigenvalue weighted by Gasteiger charge is 2.27. The van der Waals surface area contributed by atoms with E-state index in [9.17, 15) is 4.79 Å². The van der Waals surface area contributed by atoms with Gasteiger partial charge in [-0.25, -0.2) is 0 Å². The summed E-state index contributed by atoms with van der Waals surface area (Å²) < 4.78 is 6.02. The highest BCUT2D eigenvalue weighted by atomic mass is 16.5. The van der Waals surface area contributed by atoms with Crippen molar-refractivity contribution in [2.45, 2.75) is 32.8 Å². The van der Waals surface area contributed by atoms with Crippen LogP contribution < -0.4 is 4.74 Å². The zero-order valence-electron chi connectivity index (χ0n) is 16.2. The number of piperidine rings is 1. The van der Waals surface area contributed by atoms with Gasteiger partial charge in [-0.15, -0.1) is 0 Å². The van der Waals surface area contributed by atoms with Crippen LogP contribution in [-0.4, -0.2) is 35.0 Å². The summed E-state index contributed by atoms with van der Waals surface area (Å²) in [7, 11) is 0. The minimum atomic E-state index is 0.0521. The summed E-state index contributed by atoms with van der Waals surface area (Å²) in [6.07, 6.45) is 1.62. The molecule has 4 rings (SSSR count). The summed E-state index contributed by atoms with van der Waals surface area (Å²) >= 11 is 0. The summed E-state index contributed by atoms with van der Waals surface area (Å²) in [5.74, 6) is 0.766. The molecule has 0 bridgehead atoms. The van der Waals surface area contributed by atoms with E-state index in [0.717, 1.165) is 29.3 Å². The first-order valence-electron chi connectivity index (χ1n) is 9.60. The number of nitriles is 1. The van der Waals surface area contributed by atoms with Crippen molar-refractivity contribution < 1.29 is 9.53 Å². The quantitative estimate of drug-likeness (QED) is 0.742. The minimum absolute atomic E-state index is 0.0521. The molecule has 1 aliphatic heterocycles. The van der Waals surface area contributed by atoms with Crippen LogP contribution in [0.25, 0.3) is 10.9 Å². The monoisotopic (exact) mass is 373 g/mol. The number of H-pyrrole nitrogens is 1. The van der Waals surface area contributed by atoms with E-state index in [4.69, 9.17) is 10.00 Å². The lowest BCUT2D eigenvalue weighted by atomic mass is 10.1. The number of rotatable bonds is 3. The Kier molecular flexibility index (Phi) is 4.79. The number of ether oxygens (including phenoxy) is 1. The molecule has 2 heterocycles. The number of aryl methyl sites for hydroxylation is 2. The van der Waals surface area contributed by atoms with E-state index in [2.05, 4.69) is 30.1 Å². The van der Waals surface area contributed by atoms with Gasteiger partial charge >= 0.3 is 0 Å². The number of aromatic amines is 1. The maximum absolute atomic E-state index is 13.0. The molecule has 1 amide bonds. The van der Waals surface area contributed by atoms with E-state index in [0.29, 0.717) is 30.1 Å². The number of amides is 1. The van der Waals surface area contributed by atoms with Crippen LogP contribution in [-0.2, 0) is 0 Å². The van der Waals surface area contributed by atoms with Gasteiger partial charge in [0.05, 0.1) is 11.6 Å². The Morgan fingerprint density at radius 2 is 1.96 bits per heavy atom. The Balaban J connectivity index is 1.43. The Morgan fingerprint density at radius 3 is 2.71 bits per heavy atom. The molecular formula is C23H23N3O2. The molecule has 0 spiro atoms. The van der Waals surface area contributed by atoms with Crippen LogP contribution in [0.4, 0.5) is 0 Å². The van der Waals surface area contributed by atoms with Gasteiger partial charge in [0.1, 0.15) is 17.5 Å². The maximum Gasteiger partial charge on any atom is 0.270 e. The highest BCUT2D eigenvalue weighted by molar-refractivity contribution is 6.01. The molecule has 142 valence electrons. The third kappa shape index (κ3) is 3.46. The number of benzene rings is 2. The number of hydrogen-bond donors (Lipinski definition) is 1. The van der Waals surface area contributed by atoms with Gasteiger partial charge in [-0.05, 0) is 49.7 Å². The van der Waals surface area contributed by atoms with Crippen LogP contribution in [0.15, 0.2) is 42.5 Å². The van der Waals surface area contributed by atoms with E-state index in [1.807, 2.05) is 30.0 Å². The van der Waals surface area contributed by atoms with Crippen molar-refractivity contribution in [1.29, 1.82) is 5.26 Å². The number of aromatic nitrogens is 1. The minimum Gasteiger partial charge on any atom is -0.490 e. The number of nitrogens with one attached hydrogen (secondary N) is 1. The van der Waals surface area contributed by atoms with E-state index in [-0.39, 0.29) is 12.0 Å². The van der Waals surface area contributed by atoms with E-state index < -0.39 is 0 Å². The van der Waals surface area contributed by atoms with Crippen molar-refractivity contribution in [3.05, 3.63) is 64.8 Å². The van der Waals surface area contributed by atoms with Crippen molar-refractivity contribution in [2.75, 3.05) is 13.1 Å². The first-order chi connectivity index (χ1) is 13.5. The van der Waals surface area contributed by atoms with Crippen molar-refractivity contribution in [3.8, 4) is 11.8 Å². The molecule has 3 aromatic rings. The van der Waals surface area contributed by atoms with Gasteiger partial charge < -0.3 is 14.6 Å². The number of nitrogens with zero attached hydrogens (tertiary/aromatic N) is 2. The summed E-state index contributed by atoms with van der Waals surface area (Å²) in [6, 6.07) is 15.5. The fraction of sp³-hybridized carbons (Fsp3) is 0.304. The summed E-state index contributed by atoms with van der Waals surface area (Å²) in [5.41, 5.74) is 4.47. The first kappa shape index (κ1) is 18.1. The maximum atomic E-state index is 13.0. The first-order valence-corrected chi connectivity index (χ1v) is 9.60. The Hall–Kier alpha value is -3.26. The van der Waals surface area contributed by atoms with Crippen LogP contribution in [0, 0.1) is 25.2 Å². The van der Waals surface area contributed by atoms with Crippen molar-refractivity contribution in [1.82, 2.24) is 9.88 Å². The molecule has 5 heteroatoms. The molecule has 0 unspecified atom stereocenters. The van der Waals surface area contributed by atoms with Crippen LogP contribution >= 0.6 is 0 Å². The number of carbonyl (C=O) groups excluding carboxylic acids is 1. The Bertz CT molecular complexity index is 1070. The average molecular weight is 373 g/mol. The van der Waals surface area contributed by atoms with E-state index >= 15 is 0 Å². The smallest absolute Gasteiger partial charge is 0.270 e. The molecule has 28 heavy (non-hydrogen) atoms. The standard InChI is InChI=1S/C23H23N3O2/c1-15-6-7-21-20(12-15)16(2)22(25-21)23(27)26-10-8-18(9-11-26)28-19-5-3-4-17(13-19)14-24/h3-7,12-13,18,25H,8-11H2,1-2H3. The molecule has 0 atom stereocenters. The van der Waals surface area contributed by atoms with E-state index in [1.54, 1.807) is 12.1 Å². The second-order valence-corrected chi connectivity index (χ2v) is 7.42. The van der Waals surface area contributed by atoms with Crippen LogP contribution in [0.5, 0.6) is 5.75 Å². The van der Waals surface area contributed by atoms with Crippen LogP contribution in [0.2, 0.25) is 0 Å². The van der Waals surface area contributed by atoms with Crippen molar-refractivity contribution in [3.63, 3.8) is 0 Å². The van der Waals surface area contributed by atoms with Crippen molar-refractivity contribution in [2.24, 2.45) is 0 Å². The number of fused-ring (bicyclic) bond motifs is 1. The molecule has 2 aromatic carbocycles. The number of hydrogen-bond acceptors (Lipinski definition) is 3. The largest absolute Gasteiger partial charge is 0.490 e. The fourth-order valence-electron chi connectivity index (χ4n) is 3.82. The zero-order chi connectivity index (χ0) is 19.7. The van der Waals surface area contributed by atoms with Crippen LogP contribution in [0.1, 0.15) is 40.0 Å². The molecule has 1 aromatic heterocycles. The predicted octanol–water partition coefficient (Wildman–Crippen LogP) is 4.34. The molecule has 1 aliphatic rings. The zero-order valence-corrected chi connectivity index (χ0v) is 16.2. The summed E-state index contributed by atoms with van der Waals surface area (Å²) in [6.45, 7) is 5.39. The fourth-order valence-corrected chi connectivity index (χ4v) is 3.82. The average Bonchev–Trinajstić information content (AvgIpc) is 3.04. The summed E-state index contributed by atoms with van der Waals surface area (Å²) in [4.78, 5) is 18.2. The van der Waals surface area contributed by atoms with Gasteiger partial charge in [-0.1, -0.05) is 17.7 Å². The molecule has 1 saturated heterocycles. The number of carbonyl (C=O) groups is 1. The Morgan fingerprint density at radius 1 is 1.18 bits per heavy atom. The SMILES string of the molecule is Cc1ccc2[nH]c(C(=O)N3CCC(Oc4cccc(C#N)c4)CC3)c(C)c2c1. The molecule has 5 nitrogen and oxygen atoms in total. The molecule has 0 radical (unpaired) electrons. The van der Waals surface area contributed by atoms with Gasteiger partial charge in [0, 0.05) is 36.8 Å². The van der Waals surface area contributed by atoms with Crippen molar-refractivity contribution >= 4 is 16.8 Å². The van der Waals surface area contributed by atoms with Gasteiger partial charge in [0.15, 0.2) is 0 Å². The molecule has 0 saturated carbocycles. The van der Waals surface area contributed by atoms with E-state index in [1.165, 1.54) is 5.56 Å². The molecule has 1 fully saturated rings. The third-order valence-electron chi connectivity index (χ3n) is 5.42. The highest BCUT2D eigenvalue weighted by Crippen LogP contribution is 2.26. The normalized spacial score (nSPS) is 14.8. The van der Waals surface area contributed by atoms with Gasteiger partial charge in [-0.2, -0.15) is 5.26 Å². The molecule has 1 N–H and O–H groups in total. The lowest BCUT2D eigenvalue weighted by Crippen LogP contribution is -2.42.